The van der Waals surface area contributed by atoms with Gasteiger partial charge in [-0.1, -0.05) is 180 Å². The molecular weight excluding hydrogens is 721 g/mol. The van der Waals surface area contributed by atoms with E-state index in [9.17, 15) is 5.26 Å². The monoisotopic (exact) mass is 764 g/mol. The maximum absolute atomic E-state index is 10.4. The summed E-state index contributed by atoms with van der Waals surface area (Å²) in [6.45, 7) is 11.0. The first kappa shape index (κ1) is 37.4. The average Bonchev–Trinajstić information content (AvgIpc) is 3.28. The SMILES string of the molecule is CC(C)c1ccc(-c2nc(-c3ccc(C(C)(C)C)cc3)nc(-c3cc(C#N)cc(-c4ccc5c(c4)OC(c4ccccc4)(c4ccccc4)c4ccccc4-5)c3)n2)cc1. The van der Waals surface area contributed by atoms with E-state index in [1.54, 1.807) is 0 Å². The Hall–Kier alpha value is -7.16. The van der Waals surface area contributed by atoms with Crippen molar-refractivity contribution in [2.75, 3.05) is 0 Å². The van der Waals surface area contributed by atoms with E-state index in [1.165, 1.54) is 11.1 Å². The quantitative estimate of drug-likeness (QED) is 0.162. The molecule has 0 aliphatic carbocycles. The second-order valence-electron chi connectivity index (χ2n) is 16.6. The van der Waals surface area contributed by atoms with Crippen LogP contribution in [0.4, 0.5) is 0 Å². The van der Waals surface area contributed by atoms with Gasteiger partial charge in [0.15, 0.2) is 23.1 Å². The molecule has 5 nitrogen and oxygen atoms in total. The van der Waals surface area contributed by atoms with Gasteiger partial charge in [0.05, 0.1) is 11.6 Å². The Labute approximate surface area is 346 Å². The van der Waals surface area contributed by atoms with Gasteiger partial charge in [0.25, 0.3) is 0 Å². The first-order valence-electron chi connectivity index (χ1n) is 20.2. The Kier molecular flexibility index (Phi) is 9.50. The van der Waals surface area contributed by atoms with E-state index in [0.717, 1.165) is 61.4 Å². The van der Waals surface area contributed by atoms with Crippen molar-refractivity contribution in [3.05, 3.63) is 203 Å². The third-order valence-corrected chi connectivity index (χ3v) is 11.3. The molecule has 7 aromatic carbocycles. The maximum Gasteiger partial charge on any atom is 0.185 e. The molecule has 0 saturated carbocycles. The van der Waals surface area contributed by atoms with Crippen LogP contribution in [-0.4, -0.2) is 15.0 Å². The number of benzene rings is 7. The number of aromatic nitrogens is 3. The van der Waals surface area contributed by atoms with Gasteiger partial charge in [-0.15, -0.1) is 0 Å². The highest BCUT2D eigenvalue weighted by molar-refractivity contribution is 5.83. The molecule has 1 aliphatic heterocycles. The zero-order valence-corrected chi connectivity index (χ0v) is 33.9. The molecule has 5 heteroatoms. The van der Waals surface area contributed by atoms with Gasteiger partial charge in [-0.3, -0.25) is 0 Å². The Morgan fingerprint density at radius 3 is 1.63 bits per heavy atom. The van der Waals surface area contributed by atoms with Crippen LogP contribution >= 0.6 is 0 Å². The molecule has 1 aliphatic rings. The zero-order valence-electron chi connectivity index (χ0n) is 33.9. The van der Waals surface area contributed by atoms with Crippen LogP contribution in [0.5, 0.6) is 5.75 Å². The van der Waals surface area contributed by atoms with E-state index < -0.39 is 5.60 Å². The van der Waals surface area contributed by atoms with E-state index >= 15 is 0 Å². The van der Waals surface area contributed by atoms with Crippen LogP contribution in [0.1, 0.15) is 73.9 Å². The van der Waals surface area contributed by atoms with Gasteiger partial charge < -0.3 is 4.74 Å². The maximum atomic E-state index is 10.4. The van der Waals surface area contributed by atoms with Gasteiger partial charge in [-0.2, -0.15) is 5.26 Å². The number of hydrogen-bond acceptors (Lipinski definition) is 5. The molecule has 286 valence electrons. The van der Waals surface area contributed by atoms with E-state index in [-0.39, 0.29) is 5.41 Å². The largest absolute Gasteiger partial charge is 0.472 e. The minimum absolute atomic E-state index is 0.00987. The Morgan fingerprint density at radius 2 is 1.05 bits per heavy atom. The molecule has 0 fully saturated rings. The van der Waals surface area contributed by atoms with E-state index in [0.29, 0.717) is 29.0 Å². The van der Waals surface area contributed by atoms with Crippen molar-refractivity contribution in [1.82, 2.24) is 15.0 Å². The summed E-state index contributed by atoms with van der Waals surface area (Å²) in [7, 11) is 0. The highest BCUT2D eigenvalue weighted by Crippen LogP contribution is 2.52. The summed E-state index contributed by atoms with van der Waals surface area (Å²) in [6.07, 6.45) is 0. The molecule has 0 saturated heterocycles. The molecule has 0 atom stereocenters. The van der Waals surface area contributed by atoms with Gasteiger partial charge in [0.2, 0.25) is 0 Å². The molecule has 0 amide bonds. The van der Waals surface area contributed by atoms with Gasteiger partial charge >= 0.3 is 0 Å². The van der Waals surface area contributed by atoms with E-state index in [1.807, 2.05) is 24.3 Å². The summed E-state index contributed by atoms with van der Waals surface area (Å²) in [4.78, 5) is 15.2. The molecule has 0 unspecified atom stereocenters. The Morgan fingerprint density at radius 1 is 0.525 bits per heavy atom. The molecule has 1 aromatic heterocycles. The van der Waals surface area contributed by atoms with E-state index in [2.05, 4.69) is 186 Å². The standard InChI is InChI=1S/C54H44N4O/c1-35(2)37-20-22-38(23-21-37)50-56-51(39-24-27-43(28-25-39)53(3,4)5)58-52(57-50)42-31-36(34-55)30-41(32-42)40-26-29-47-46-18-12-13-19-48(46)54(59-49(47)33-40,44-14-8-6-9-15-44)45-16-10-7-11-17-45/h6-33,35H,1-5H3. The van der Waals surface area contributed by atoms with Crippen LogP contribution in [-0.2, 0) is 11.0 Å². The lowest BCUT2D eigenvalue weighted by Crippen LogP contribution is -2.38. The van der Waals surface area contributed by atoms with Crippen LogP contribution in [0.3, 0.4) is 0 Å². The third kappa shape index (κ3) is 6.98. The van der Waals surface area contributed by atoms with Gasteiger partial charge in [0, 0.05) is 38.9 Å². The number of nitriles is 1. The fraction of sp³-hybridized carbons (Fsp3) is 0.148. The fourth-order valence-corrected chi connectivity index (χ4v) is 8.08. The van der Waals surface area contributed by atoms with Gasteiger partial charge in [0.1, 0.15) is 5.75 Å². The third-order valence-electron chi connectivity index (χ3n) is 11.3. The second-order valence-corrected chi connectivity index (χ2v) is 16.6. The highest BCUT2D eigenvalue weighted by atomic mass is 16.5. The number of ether oxygens (including phenoxy) is 1. The van der Waals surface area contributed by atoms with Crippen molar-refractivity contribution < 1.29 is 4.74 Å². The molecule has 0 spiro atoms. The van der Waals surface area contributed by atoms with Gasteiger partial charge in [-0.05, 0) is 63.4 Å². The minimum Gasteiger partial charge on any atom is -0.472 e. The normalized spacial score (nSPS) is 12.9. The summed E-state index contributed by atoms with van der Waals surface area (Å²) in [5.41, 5.74) is 11.7. The number of fused-ring (bicyclic) bond motifs is 3. The summed E-state index contributed by atoms with van der Waals surface area (Å²) < 4.78 is 7.34. The molecule has 0 bridgehead atoms. The second kappa shape index (κ2) is 15.0. The smallest absolute Gasteiger partial charge is 0.185 e. The van der Waals surface area contributed by atoms with Crippen LogP contribution in [0, 0.1) is 11.3 Å². The first-order chi connectivity index (χ1) is 28.6. The van der Waals surface area contributed by atoms with Crippen molar-refractivity contribution in [2.24, 2.45) is 0 Å². The Balaban J connectivity index is 1.19. The minimum atomic E-state index is -0.888. The Bertz CT molecular complexity index is 2810. The summed E-state index contributed by atoms with van der Waals surface area (Å²) >= 11 is 0. The van der Waals surface area contributed by atoms with Gasteiger partial charge in [-0.25, -0.2) is 15.0 Å². The lowest BCUT2D eigenvalue weighted by Gasteiger charge is -2.41. The van der Waals surface area contributed by atoms with Crippen LogP contribution in [0.25, 0.3) is 56.4 Å². The van der Waals surface area contributed by atoms with Crippen LogP contribution < -0.4 is 4.74 Å². The summed E-state index contributed by atoms with van der Waals surface area (Å²) in [6, 6.07) is 60.8. The lowest BCUT2D eigenvalue weighted by atomic mass is 9.75. The van der Waals surface area contributed by atoms with Crippen molar-refractivity contribution >= 4 is 0 Å². The summed E-state index contributed by atoms with van der Waals surface area (Å²) in [5, 5.41) is 10.4. The fourth-order valence-electron chi connectivity index (χ4n) is 8.08. The molecule has 0 radical (unpaired) electrons. The zero-order chi connectivity index (χ0) is 40.7. The number of nitrogens with zero attached hydrogens (tertiary/aromatic N) is 4. The van der Waals surface area contributed by atoms with Crippen molar-refractivity contribution in [1.29, 1.82) is 5.26 Å². The number of hydrogen-bond donors (Lipinski definition) is 0. The predicted octanol–water partition coefficient (Wildman–Crippen LogP) is 13.2. The van der Waals surface area contributed by atoms with Crippen LogP contribution in [0.15, 0.2) is 170 Å². The van der Waals surface area contributed by atoms with Crippen molar-refractivity contribution in [3.63, 3.8) is 0 Å². The lowest BCUT2D eigenvalue weighted by molar-refractivity contribution is 0.152. The molecule has 0 N–H and O–H groups in total. The molecular formula is C54H44N4O. The number of rotatable bonds is 7. The average molecular weight is 765 g/mol. The topological polar surface area (TPSA) is 71.7 Å². The molecule has 2 heterocycles. The molecule has 8 aromatic rings. The molecule has 59 heavy (non-hydrogen) atoms. The first-order valence-corrected chi connectivity index (χ1v) is 20.2. The highest BCUT2D eigenvalue weighted by Gasteiger charge is 2.44. The van der Waals surface area contributed by atoms with Crippen molar-refractivity contribution in [3.8, 4) is 68.2 Å². The molecule has 9 rings (SSSR count). The van der Waals surface area contributed by atoms with Crippen LogP contribution in [0.2, 0.25) is 0 Å². The van der Waals surface area contributed by atoms with E-state index in [4.69, 9.17) is 19.7 Å². The predicted molar refractivity (Wildman–Crippen MR) is 238 cm³/mol. The van der Waals surface area contributed by atoms with Crippen molar-refractivity contribution in [2.45, 2.75) is 51.6 Å². The summed E-state index contributed by atoms with van der Waals surface area (Å²) in [5.74, 6) is 2.79.